The number of aliphatic imine (C=N–C) groups is 1. The average Bonchev–Trinajstić information content (AvgIpc) is 3.09. The van der Waals surface area contributed by atoms with Crippen LogP contribution in [0.15, 0.2) is 34.5 Å². The molecule has 0 bridgehead atoms. The second-order valence-corrected chi connectivity index (χ2v) is 8.63. The van der Waals surface area contributed by atoms with E-state index in [1.54, 1.807) is 7.05 Å². The van der Waals surface area contributed by atoms with Crippen LogP contribution in [0.5, 0.6) is 0 Å². The Balaban J connectivity index is 1.96. The maximum atomic E-state index is 12.4. The highest BCUT2D eigenvalue weighted by atomic mass is 32.2. The van der Waals surface area contributed by atoms with Crippen LogP contribution in [0.25, 0.3) is 0 Å². The molecular weight excluding hydrogens is 407 g/mol. The van der Waals surface area contributed by atoms with Crippen LogP contribution in [-0.2, 0) is 0 Å². The van der Waals surface area contributed by atoms with Crippen LogP contribution in [0, 0.1) is 5.92 Å². The van der Waals surface area contributed by atoms with Gasteiger partial charge in [-0.1, -0.05) is 30.9 Å². The van der Waals surface area contributed by atoms with E-state index in [1.807, 2.05) is 0 Å². The van der Waals surface area contributed by atoms with E-state index in [2.05, 4.69) is 39.4 Å². The molecule has 2 atom stereocenters. The molecule has 1 aliphatic carbocycles. The molecule has 0 amide bonds. The van der Waals surface area contributed by atoms with E-state index < -0.39 is 12.6 Å². The van der Waals surface area contributed by atoms with Crippen LogP contribution < -0.4 is 11.1 Å². The Hall–Kier alpha value is -1.77. The van der Waals surface area contributed by atoms with Crippen molar-refractivity contribution in [3.05, 3.63) is 34.5 Å². The van der Waals surface area contributed by atoms with E-state index in [0.29, 0.717) is 10.3 Å². The van der Waals surface area contributed by atoms with E-state index in [4.69, 9.17) is 5.73 Å². The van der Waals surface area contributed by atoms with Crippen molar-refractivity contribution in [3.63, 3.8) is 0 Å². The minimum absolute atomic E-state index is 0.194. The van der Waals surface area contributed by atoms with Crippen LogP contribution >= 0.6 is 23.1 Å². The lowest BCUT2D eigenvalue weighted by atomic mass is 9.81. The maximum Gasteiger partial charge on any atom is 0.389 e. The van der Waals surface area contributed by atoms with Crippen LogP contribution in [-0.4, -0.2) is 28.6 Å². The van der Waals surface area contributed by atoms with E-state index in [1.165, 1.54) is 23.1 Å². The van der Waals surface area contributed by atoms with Gasteiger partial charge in [-0.15, -0.1) is 15.9 Å². The maximum absolute atomic E-state index is 12.4. The van der Waals surface area contributed by atoms with Gasteiger partial charge < -0.3 is 11.1 Å². The van der Waals surface area contributed by atoms with Gasteiger partial charge >= 0.3 is 6.18 Å². The first kappa shape index (κ1) is 22.5. The van der Waals surface area contributed by atoms with Gasteiger partial charge in [0.1, 0.15) is 5.01 Å². The molecule has 28 heavy (non-hydrogen) atoms. The van der Waals surface area contributed by atoms with Gasteiger partial charge in [-0.05, 0) is 43.4 Å². The van der Waals surface area contributed by atoms with Crippen molar-refractivity contribution in [1.29, 1.82) is 0 Å². The summed E-state index contributed by atoms with van der Waals surface area (Å²) in [4.78, 5) is 5.05. The summed E-state index contributed by atoms with van der Waals surface area (Å²) in [5, 5.41) is 12.8. The summed E-state index contributed by atoms with van der Waals surface area (Å²) in [6.45, 7) is 7.46. The van der Waals surface area contributed by atoms with Crippen LogP contribution in [0.4, 0.5) is 18.3 Å². The minimum atomic E-state index is -4.21. The smallest absolute Gasteiger partial charge is 0.374 e. The van der Waals surface area contributed by atoms with Crippen molar-refractivity contribution in [2.24, 2.45) is 10.9 Å². The molecule has 0 aliphatic heterocycles. The first-order chi connectivity index (χ1) is 13.2. The fourth-order valence-corrected chi connectivity index (χ4v) is 4.77. The molecule has 5 nitrogen and oxygen atoms in total. The molecule has 10 heteroatoms. The Morgan fingerprint density at radius 3 is 2.75 bits per heavy atom. The molecule has 1 saturated carbocycles. The Bertz CT molecular complexity index is 766. The molecule has 1 unspecified atom stereocenters. The summed E-state index contributed by atoms with van der Waals surface area (Å²) in [5.74, 6) is 0.516. The van der Waals surface area contributed by atoms with Crippen LogP contribution in [0.2, 0.25) is 0 Å². The number of anilines is 1. The lowest BCUT2D eigenvalue weighted by molar-refractivity contribution is -0.134. The van der Waals surface area contributed by atoms with E-state index in [-0.39, 0.29) is 24.0 Å². The molecule has 0 aromatic carbocycles. The summed E-state index contributed by atoms with van der Waals surface area (Å²) in [7, 11) is 1.58. The van der Waals surface area contributed by atoms with Crippen molar-refractivity contribution in [3.8, 4) is 0 Å². The summed E-state index contributed by atoms with van der Waals surface area (Å²) in [6, 6.07) is 0. The molecule has 3 N–H and O–H groups in total. The number of hydrogen-bond acceptors (Lipinski definition) is 6. The van der Waals surface area contributed by atoms with Gasteiger partial charge in [-0.3, -0.25) is 4.99 Å². The van der Waals surface area contributed by atoms with Crippen molar-refractivity contribution in [1.82, 2.24) is 15.5 Å². The fraction of sp³-hybridized carbons (Fsp3) is 0.556. The summed E-state index contributed by atoms with van der Waals surface area (Å²) in [6.07, 6.45) is -1.39. The zero-order valence-electron chi connectivity index (χ0n) is 15.7. The Morgan fingerprint density at radius 1 is 1.43 bits per heavy atom. The summed E-state index contributed by atoms with van der Waals surface area (Å²) >= 11 is 2.76. The van der Waals surface area contributed by atoms with Gasteiger partial charge in [-0.2, -0.15) is 13.2 Å². The number of hydrogen-bond donors (Lipinski definition) is 2. The van der Waals surface area contributed by atoms with Crippen molar-refractivity contribution >= 4 is 33.4 Å². The number of halogens is 3. The minimum Gasteiger partial charge on any atom is -0.374 e. The van der Waals surface area contributed by atoms with E-state index in [9.17, 15) is 13.2 Å². The third-order valence-electron chi connectivity index (χ3n) is 4.43. The number of nitrogens with two attached hydrogens (primary N) is 1. The third kappa shape index (κ3) is 7.00. The first-order valence-electron chi connectivity index (χ1n) is 8.86. The van der Waals surface area contributed by atoms with Gasteiger partial charge in [0.05, 0.1) is 0 Å². The second-order valence-electron chi connectivity index (χ2n) is 6.55. The molecule has 1 aromatic heterocycles. The number of nitrogen functional groups attached to an aromatic ring is 1. The molecule has 154 valence electrons. The summed E-state index contributed by atoms with van der Waals surface area (Å²) < 4.78 is 37.1. The van der Waals surface area contributed by atoms with E-state index in [0.717, 1.165) is 35.6 Å². The Kier molecular flexibility index (Phi) is 8.15. The monoisotopic (exact) mass is 431 g/mol. The normalized spacial score (nSPS) is 20.5. The van der Waals surface area contributed by atoms with Crippen molar-refractivity contribution in [2.75, 3.05) is 12.8 Å². The number of nitrogens with one attached hydrogen (secondary N) is 1. The Labute approximate surface area is 171 Å². The van der Waals surface area contributed by atoms with Crippen LogP contribution in [0.3, 0.4) is 0 Å². The number of aromatic nitrogens is 2. The standard InChI is InChI=1S/C18H24F3N5S2/c1-4-14(27-17(23-3)24-11(2)8-9-18(19,20)21)12-6-5-7-13(10-12)15-25-26-16(22)28-15/h12-13H,1-2,5-10H2,3H3,(H2,22,26)(H,23,24)/t12?,13-/m0/s1. The second kappa shape index (κ2) is 10.1. The molecule has 0 saturated heterocycles. The fourth-order valence-electron chi connectivity index (χ4n) is 3.07. The van der Waals surface area contributed by atoms with Gasteiger partial charge in [0, 0.05) is 30.0 Å². The van der Waals surface area contributed by atoms with Crippen LogP contribution in [0.1, 0.15) is 49.5 Å². The van der Waals surface area contributed by atoms with Gasteiger partial charge in [0.25, 0.3) is 0 Å². The lowest BCUT2D eigenvalue weighted by Crippen LogP contribution is -2.22. The zero-order valence-corrected chi connectivity index (χ0v) is 17.3. The highest BCUT2D eigenvalue weighted by Crippen LogP contribution is 2.43. The molecule has 0 spiro atoms. The average molecular weight is 432 g/mol. The molecule has 1 fully saturated rings. The predicted octanol–water partition coefficient (Wildman–Crippen LogP) is 5.23. The highest BCUT2D eigenvalue weighted by Gasteiger charge is 2.29. The predicted molar refractivity (Wildman–Crippen MR) is 110 cm³/mol. The molecule has 1 heterocycles. The summed E-state index contributed by atoms with van der Waals surface area (Å²) in [5.41, 5.74) is 8.96. The Morgan fingerprint density at radius 2 is 2.18 bits per heavy atom. The van der Waals surface area contributed by atoms with Gasteiger partial charge in [0.2, 0.25) is 5.13 Å². The van der Waals surface area contributed by atoms with Crippen molar-refractivity contribution in [2.45, 2.75) is 50.6 Å². The number of allylic oxidation sites excluding steroid dienone is 2. The third-order valence-corrected chi connectivity index (χ3v) is 6.52. The highest BCUT2D eigenvalue weighted by molar-refractivity contribution is 8.17. The number of nitrogens with zero attached hydrogens (tertiary/aromatic N) is 3. The first-order valence-corrected chi connectivity index (χ1v) is 10.5. The number of rotatable bonds is 6. The number of amidine groups is 1. The largest absolute Gasteiger partial charge is 0.389 e. The number of thioether (sulfide) groups is 1. The van der Waals surface area contributed by atoms with E-state index >= 15 is 0 Å². The SMILES string of the molecule is C=C=C(SC(=NC)NC(=C)CCC(F)(F)F)C1CCC[C@H](c2nnc(N)s2)C1. The topological polar surface area (TPSA) is 76.2 Å². The van der Waals surface area contributed by atoms with Gasteiger partial charge in [0.15, 0.2) is 5.17 Å². The lowest BCUT2D eigenvalue weighted by Gasteiger charge is -2.28. The molecule has 1 aliphatic rings. The quantitative estimate of drug-likeness (QED) is 0.367. The molecule has 2 rings (SSSR count). The molecule has 0 radical (unpaired) electrons. The molecule has 1 aromatic rings. The van der Waals surface area contributed by atoms with Gasteiger partial charge in [-0.25, -0.2) is 0 Å². The molecular formula is C18H24F3N5S2. The number of alkyl halides is 3. The van der Waals surface area contributed by atoms with Crippen molar-refractivity contribution < 1.29 is 13.2 Å². The zero-order chi connectivity index (χ0) is 20.7.